The molecule has 0 aliphatic carbocycles. The van der Waals surface area contributed by atoms with Gasteiger partial charge < -0.3 is 9.32 Å². The molecule has 0 unspecified atom stereocenters. The molecule has 0 saturated heterocycles. The van der Waals surface area contributed by atoms with Crippen molar-refractivity contribution >= 4 is 49.8 Å². The molecule has 0 saturated carbocycles. The van der Waals surface area contributed by atoms with Crippen molar-refractivity contribution in [1.82, 2.24) is 0 Å². The predicted molar refractivity (Wildman–Crippen MR) is 290 cm³/mol. The number of hydrogen-bond acceptors (Lipinski definition) is 2. The molecule has 0 N–H and O–H groups in total. The van der Waals surface area contributed by atoms with Gasteiger partial charge >= 0.3 is 0 Å². The largest absolute Gasteiger partial charge is 0.456 e. The number of anilines is 3. The van der Waals surface area contributed by atoms with Crippen LogP contribution in [-0.2, 0) is 10.8 Å². The molecule has 0 atom stereocenters. The van der Waals surface area contributed by atoms with Crippen LogP contribution in [0.4, 0.5) is 17.1 Å². The fourth-order valence-electron chi connectivity index (χ4n) is 9.90. The Kier molecular flexibility index (Phi) is 10.7. The highest BCUT2D eigenvalue weighted by Gasteiger charge is 2.24. The lowest BCUT2D eigenvalue weighted by atomic mass is 9.78. The van der Waals surface area contributed by atoms with Crippen LogP contribution in [0.3, 0.4) is 0 Å². The van der Waals surface area contributed by atoms with E-state index in [-0.39, 0.29) is 10.8 Å². The monoisotopic (exact) mass is 877 g/mol. The molecule has 0 amide bonds. The number of hydrogen-bond donors (Lipinski definition) is 0. The van der Waals surface area contributed by atoms with Gasteiger partial charge in [-0.2, -0.15) is 0 Å². The van der Waals surface area contributed by atoms with Gasteiger partial charge in [0.2, 0.25) is 0 Å². The normalized spacial score (nSPS) is 12.0. The molecule has 0 radical (unpaired) electrons. The molecule has 1 aromatic heterocycles. The van der Waals surface area contributed by atoms with E-state index in [1.807, 2.05) is 6.07 Å². The summed E-state index contributed by atoms with van der Waals surface area (Å²) in [5.41, 5.74) is 19.5. The third-order valence-corrected chi connectivity index (χ3v) is 13.6. The van der Waals surface area contributed by atoms with Gasteiger partial charge in [0.1, 0.15) is 11.2 Å². The molecule has 0 aliphatic heterocycles. The number of benzene rings is 10. The Bertz CT molecular complexity index is 3580. The summed E-state index contributed by atoms with van der Waals surface area (Å²) in [6.45, 7) is 13.9. The highest BCUT2D eigenvalue weighted by molar-refractivity contribution is 6.13. The Morgan fingerprint density at radius 2 is 0.824 bits per heavy atom. The maximum Gasteiger partial charge on any atom is 0.136 e. The smallest absolute Gasteiger partial charge is 0.136 e. The Hall–Kier alpha value is -7.94. The summed E-state index contributed by atoms with van der Waals surface area (Å²) in [5.74, 6) is 0. The fourth-order valence-corrected chi connectivity index (χ4v) is 9.90. The standard InChI is InChI=1S/C66H55NO/c1-65(2,3)51-40-50(41-52(43-51)66(4,5)6)56-26-15-20-48-21-16-28-58(63(48)56)57-24-10-12-29-60(57)67(53-38-36-47(37-39-53)46-34-32-45(33-35-46)44-18-8-7-9-19-44)54-23-14-22-49(42-54)55-27-17-31-62-64(55)59-25-11-13-30-61(59)68-62/h7-43H,1-6H3. The minimum Gasteiger partial charge on any atom is -0.456 e. The van der Waals surface area contributed by atoms with Gasteiger partial charge in [-0.25, -0.2) is 0 Å². The summed E-state index contributed by atoms with van der Waals surface area (Å²) < 4.78 is 6.38. The summed E-state index contributed by atoms with van der Waals surface area (Å²) in [5, 5.41) is 4.70. The van der Waals surface area contributed by atoms with Gasteiger partial charge in [-0.1, -0.05) is 224 Å². The van der Waals surface area contributed by atoms with Crippen LogP contribution in [0.25, 0.3) is 88.3 Å². The second-order valence-electron chi connectivity index (χ2n) is 20.2. The van der Waals surface area contributed by atoms with E-state index in [0.29, 0.717) is 0 Å². The van der Waals surface area contributed by atoms with Gasteiger partial charge in [0, 0.05) is 27.7 Å². The Morgan fingerprint density at radius 3 is 1.50 bits per heavy atom. The Balaban J connectivity index is 1.10. The molecule has 2 heteroatoms. The average molecular weight is 878 g/mol. The highest BCUT2D eigenvalue weighted by Crippen LogP contribution is 2.47. The third kappa shape index (κ3) is 7.96. The molecule has 68 heavy (non-hydrogen) atoms. The minimum atomic E-state index is -0.0114. The predicted octanol–water partition coefficient (Wildman–Crippen LogP) is 19.1. The summed E-state index contributed by atoms with van der Waals surface area (Å²) in [4.78, 5) is 2.44. The third-order valence-electron chi connectivity index (χ3n) is 13.6. The van der Waals surface area contributed by atoms with Crippen molar-refractivity contribution in [2.45, 2.75) is 52.4 Å². The number of rotatable bonds is 8. The molecular formula is C66H55NO. The molecule has 330 valence electrons. The van der Waals surface area contributed by atoms with Crippen molar-refractivity contribution in [2.75, 3.05) is 4.90 Å². The lowest BCUT2D eigenvalue weighted by Crippen LogP contribution is -2.16. The van der Waals surface area contributed by atoms with E-state index in [0.717, 1.165) is 55.7 Å². The van der Waals surface area contributed by atoms with Crippen molar-refractivity contribution in [2.24, 2.45) is 0 Å². The van der Waals surface area contributed by atoms with Crippen molar-refractivity contribution in [3.63, 3.8) is 0 Å². The molecule has 1 heterocycles. The number of para-hydroxylation sites is 2. The van der Waals surface area contributed by atoms with E-state index in [2.05, 4.69) is 265 Å². The molecule has 11 rings (SSSR count). The second-order valence-corrected chi connectivity index (χ2v) is 20.2. The van der Waals surface area contributed by atoms with Crippen LogP contribution in [0, 0.1) is 0 Å². The highest BCUT2D eigenvalue weighted by atomic mass is 16.3. The van der Waals surface area contributed by atoms with Gasteiger partial charge in [0.05, 0.1) is 5.69 Å². The van der Waals surface area contributed by atoms with E-state index < -0.39 is 0 Å². The minimum absolute atomic E-state index is 0.0114. The molecule has 2 nitrogen and oxygen atoms in total. The van der Waals surface area contributed by atoms with Crippen LogP contribution in [0.5, 0.6) is 0 Å². The van der Waals surface area contributed by atoms with E-state index in [9.17, 15) is 0 Å². The zero-order valence-corrected chi connectivity index (χ0v) is 39.7. The zero-order valence-electron chi connectivity index (χ0n) is 39.7. The van der Waals surface area contributed by atoms with Crippen LogP contribution in [-0.4, -0.2) is 0 Å². The van der Waals surface area contributed by atoms with Crippen molar-refractivity contribution in [3.05, 3.63) is 236 Å². The van der Waals surface area contributed by atoms with Crippen molar-refractivity contribution in [3.8, 4) is 55.6 Å². The second kappa shape index (κ2) is 17.0. The molecule has 0 bridgehead atoms. The van der Waals surface area contributed by atoms with E-state index in [4.69, 9.17) is 4.42 Å². The van der Waals surface area contributed by atoms with Crippen LogP contribution in [0.15, 0.2) is 229 Å². The average Bonchev–Trinajstić information content (AvgIpc) is 3.75. The maximum absolute atomic E-state index is 6.38. The molecule has 0 spiro atoms. The van der Waals surface area contributed by atoms with Gasteiger partial charge in [-0.3, -0.25) is 0 Å². The topological polar surface area (TPSA) is 16.4 Å². The van der Waals surface area contributed by atoms with Crippen molar-refractivity contribution in [1.29, 1.82) is 0 Å². The summed E-state index contributed by atoms with van der Waals surface area (Å²) in [6, 6.07) is 82.0. The lowest BCUT2D eigenvalue weighted by molar-refractivity contribution is 0.569. The summed E-state index contributed by atoms with van der Waals surface area (Å²) in [7, 11) is 0. The summed E-state index contributed by atoms with van der Waals surface area (Å²) in [6.07, 6.45) is 0. The zero-order chi connectivity index (χ0) is 46.6. The van der Waals surface area contributed by atoms with E-state index in [1.54, 1.807) is 0 Å². The molecular weight excluding hydrogens is 823 g/mol. The Morgan fingerprint density at radius 1 is 0.324 bits per heavy atom. The summed E-state index contributed by atoms with van der Waals surface area (Å²) >= 11 is 0. The first-order valence-electron chi connectivity index (χ1n) is 23.8. The van der Waals surface area contributed by atoms with E-state index in [1.165, 1.54) is 60.8 Å². The SMILES string of the molecule is CC(C)(C)c1cc(-c2cccc3cccc(-c4ccccc4N(c4ccc(-c5ccc(-c6ccccc6)cc5)cc4)c4cccc(-c5cccc6oc7ccccc7c56)c4)c23)cc(C(C)(C)C)c1. The van der Waals surface area contributed by atoms with Crippen molar-refractivity contribution < 1.29 is 4.42 Å². The van der Waals surface area contributed by atoms with Gasteiger partial charge in [-0.05, 0) is 125 Å². The molecule has 10 aromatic carbocycles. The number of furan rings is 1. The molecule has 0 aliphatic rings. The molecule has 0 fully saturated rings. The lowest BCUT2D eigenvalue weighted by Gasteiger charge is -2.29. The van der Waals surface area contributed by atoms with Gasteiger partial charge in [0.25, 0.3) is 0 Å². The number of nitrogens with zero attached hydrogens (tertiary/aromatic N) is 1. The van der Waals surface area contributed by atoms with Crippen LogP contribution < -0.4 is 4.90 Å². The van der Waals surface area contributed by atoms with E-state index >= 15 is 0 Å². The van der Waals surface area contributed by atoms with Gasteiger partial charge in [-0.15, -0.1) is 0 Å². The van der Waals surface area contributed by atoms with Crippen LogP contribution >= 0.6 is 0 Å². The van der Waals surface area contributed by atoms with Gasteiger partial charge in [0.15, 0.2) is 0 Å². The quantitative estimate of drug-likeness (QED) is 0.151. The first kappa shape index (κ1) is 42.7. The number of fused-ring (bicyclic) bond motifs is 4. The van der Waals surface area contributed by atoms with Crippen LogP contribution in [0.2, 0.25) is 0 Å². The molecule has 11 aromatic rings. The Labute approximate surface area is 400 Å². The fraction of sp³-hybridized carbons (Fsp3) is 0.121. The first-order valence-corrected chi connectivity index (χ1v) is 23.8. The van der Waals surface area contributed by atoms with Crippen LogP contribution in [0.1, 0.15) is 52.7 Å². The first-order chi connectivity index (χ1) is 33.0. The maximum atomic E-state index is 6.38.